The molecule has 1 unspecified atom stereocenters. The third kappa shape index (κ3) is 3.58. The minimum absolute atomic E-state index is 0.0587. The summed E-state index contributed by atoms with van der Waals surface area (Å²) in [6.07, 6.45) is 0. The third-order valence-corrected chi connectivity index (χ3v) is 3.50. The van der Waals surface area contributed by atoms with Gasteiger partial charge in [-0.25, -0.2) is 0 Å². The van der Waals surface area contributed by atoms with Crippen LogP contribution in [0.3, 0.4) is 0 Å². The third-order valence-electron chi connectivity index (χ3n) is 2.27. The van der Waals surface area contributed by atoms with Crippen LogP contribution in [-0.2, 0) is 6.54 Å². The monoisotopic (exact) mass is 233 g/mol. The van der Waals surface area contributed by atoms with Crippen LogP contribution in [0.25, 0.3) is 0 Å². The van der Waals surface area contributed by atoms with Gasteiger partial charge in [0, 0.05) is 17.5 Å². The Morgan fingerprint density at radius 3 is 2.64 bits per heavy atom. The fourth-order valence-electron chi connectivity index (χ4n) is 0.950. The Morgan fingerprint density at radius 1 is 1.57 bits per heavy atom. The zero-order chi connectivity index (χ0) is 10.8. The molecule has 80 valence electrons. The summed E-state index contributed by atoms with van der Waals surface area (Å²) in [5.41, 5.74) is -0.693. The predicted octanol–water partition coefficient (Wildman–Crippen LogP) is 2.65. The molecule has 0 saturated carbocycles. The topological polar surface area (TPSA) is 32.3 Å². The molecule has 4 heteroatoms. The fourth-order valence-corrected chi connectivity index (χ4v) is 1.99. The van der Waals surface area contributed by atoms with Crippen LogP contribution in [-0.4, -0.2) is 16.7 Å². The van der Waals surface area contributed by atoms with Crippen LogP contribution in [0, 0.1) is 0 Å². The molecule has 0 amide bonds. The molecule has 0 saturated heterocycles. The second kappa shape index (κ2) is 4.62. The van der Waals surface area contributed by atoms with Crippen molar-refractivity contribution in [1.82, 2.24) is 5.32 Å². The number of halogens is 1. The van der Waals surface area contributed by atoms with Crippen molar-refractivity contribution in [3.05, 3.63) is 21.3 Å². The van der Waals surface area contributed by atoms with Crippen LogP contribution in [0.15, 0.2) is 12.1 Å². The molecule has 0 bridgehead atoms. The lowest BCUT2D eigenvalue weighted by Gasteiger charge is -2.26. The summed E-state index contributed by atoms with van der Waals surface area (Å²) in [7, 11) is 0. The zero-order valence-electron chi connectivity index (χ0n) is 8.67. The average molecular weight is 234 g/mol. The van der Waals surface area contributed by atoms with Crippen LogP contribution in [0.2, 0.25) is 4.34 Å². The zero-order valence-corrected chi connectivity index (χ0v) is 10.2. The Hall–Kier alpha value is -0.0900. The minimum Gasteiger partial charge on any atom is -0.389 e. The van der Waals surface area contributed by atoms with Gasteiger partial charge >= 0.3 is 0 Å². The molecule has 1 aromatic heterocycles. The highest BCUT2D eigenvalue weighted by atomic mass is 35.5. The van der Waals surface area contributed by atoms with Gasteiger partial charge in [-0.15, -0.1) is 11.3 Å². The maximum Gasteiger partial charge on any atom is 0.0931 e. The maximum atomic E-state index is 9.68. The summed E-state index contributed by atoms with van der Waals surface area (Å²) in [6, 6.07) is 3.94. The Bertz CT molecular complexity index is 293. The second-order valence-electron chi connectivity index (χ2n) is 3.96. The summed E-state index contributed by atoms with van der Waals surface area (Å²) in [4.78, 5) is 1.19. The Balaban J connectivity index is 2.41. The molecular weight excluding hydrogens is 218 g/mol. The molecule has 0 spiro atoms. The van der Waals surface area contributed by atoms with E-state index >= 15 is 0 Å². The number of hydrogen-bond acceptors (Lipinski definition) is 3. The molecule has 2 nitrogen and oxygen atoms in total. The standard InChI is InChI=1S/C10H16ClNOS/c1-7(10(2,3)13)12-6-8-4-5-9(11)14-8/h4-5,7,12-13H,6H2,1-3H3. The average Bonchev–Trinajstić information content (AvgIpc) is 2.45. The number of rotatable bonds is 4. The Morgan fingerprint density at radius 2 is 2.21 bits per heavy atom. The first kappa shape index (κ1) is 12.0. The van der Waals surface area contributed by atoms with E-state index < -0.39 is 5.60 Å². The highest BCUT2D eigenvalue weighted by molar-refractivity contribution is 7.16. The quantitative estimate of drug-likeness (QED) is 0.838. The van der Waals surface area contributed by atoms with E-state index in [1.165, 1.54) is 4.88 Å². The van der Waals surface area contributed by atoms with Crippen LogP contribution in [0.5, 0.6) is 0 Å². The normalized spacial score (nSPS) is 14.4. The fraction of sp³-hybridized carbons (Fsp3) is 0.600. The Labute approximate surface area is 93.9 Å². The molecule has 1 heterocycles. The van der Waals surface area contributed by atoms with Gasteiger partial charge in [0.15, 0.2) is 0 Å². The van der Waals surface area contributed by atoms with E-state index in [0.717, 1.165) is 10.9 Å². The largest absolute Gasteiger partial charge is 0.389 e. The number of thiophene rings is 1. The molecule has 0 aliphatic heterocycles. The summed E-state index contributed by atoms with van der Waals surface area (Å²) in [5.74, 6) is 0. The molecule has 0 aromatic carbocycles. The van der Waals surface area contributed by atoms with E-state index in [2.05, 4.69) is 5.32 Å². The van der Waals surface area contributed by atoms with Crippen molar-refractivity contribution in [2.24, 2.45) is 0 Å². The van der Waals surface area contributed by atoms with Crippen LogP contribution >= 0.6 is 22.9 Å². The predicted molar refractivity (Wildman–Crippen MR) is 61.9 cm³/mol. The molecule has 1 atom stereocenters. The van der Waals surface area contributed by atoms with Crippen LogP contribution in [0.1, 0.15) is 25.6 Å². The van der Waals surface area contributed by atoms with Gasteiger partial charge in [0.25, 0.3) is 0 Å². The molecule has 0 aliphatic rings. The number of aliphatic hydroxyl groups is 1. The first-order valence-electron chi connectivity index (χ1n) is 4.59. The van der Waals surface area contributed by atoms with Gasteiger partial charge in [0.1, 0.15) is 0 Å². The molecular formula is C10H16ClNOS. The summed E-state index contributed by atoms with van der Waals surface area (Å²) >= 11 is 7.37. The summed E-state index contributed by atoms with van der Waals surface area (Å²) in [6.45, 7) is 6.32. The summed E-state index contributed by atoms with van der Waals surface area (Å²) < 4.78 is 0.803. The molecule has 1 rings (SSSR count). The van der Waals surface area contributed by atoms with Gasteiger partial charge < -0.3 is 10.4 Å². The van der Waals surface area contributed by atoms with Crippen molar-refractivity contribution in [3.63, 3.8) is 0 Å². The van der Waals surface area contributed by atoms with E-state index in [4.69, 9.17) is 11.6 Å². The molecule has 0 aliphatic carbocycles. The van der Waals surface area contributed by atoms with Crippen molar-refractivity contribution in [3.8, 4) is 0 Å². The van der Waals surface area contributed by atoms with Crippen LogP contribution in [0.4, 0.5) is 0 Å². The van der Waals surface area contributed by atoms with Crippen molar-refractivity contribution in [2.75, 3.05) is 0 Å². The van der Waals surface area contributed by atoms with E-state index in [0.29, 0.717) is 0 Å². The lowest BCUT2D eigenvalue weighted by molar-refractivity contribution is 0.0438. The molecule has 0 radical (unpaired) electrons. The van der Waals surface area contributed by atoms with Crippen molar-refractivity contribution < 1.29 is 5.11 Å². The number of hydrogen-bond donors (Lipinski definition) is 2. The van der Waals surface area contributed by atoms with Crippen molar-refractivity contribution >= 4 is 22.9 Å². The van der Waals surface area contributed by atoms with Gasteiger partial charge in [-0.3, -0.25) is 0 Å². The van der Waals surface area contributed by atoms with Gasteiger partial charge in [-0.1, -0.05) is 11.6 Å². The van der Waals surface area contributed by atoms with Crippen molar-refractivity contribution in [1.29, 1.82) is 0 Å². The minimum atomic E-state index is -0.693. The van der Waals surface area contributed by atoms with Gasteiger partial charge in [-0.05, 0) is 32.9 Å². The maximum absolute atomic E-state index is 9.68. The lowest BCUT2D eigenvalue weighted by Crippen LogP contribution is -2.43. The first-order chi connectivity index (χ1) is 6.39. The second-order valence-corrected chi connectivity index (χ2v) is 5.76. The van der Waals surface area contributed by atoms with Gasteiger partial charge in [0.2, 0.25) is 0 Å². The first-order valence-corrected chi connectivity index (χ1v) is 5.79. The van der Waals surface area contributed by atoms with Crippen LogP contribution < -0.4 is 5.32 Å². The van der Waals surface area contributed by atoms with Gasteiger partial charge in [0.05, 0.1) is 9.94 Å². The molecule has 2 N–H and O–H groups in total. The highest BCUT2D eigenvalue weighted by Crippen LogP contribution is 2.21. The molecule has 14 heavy (non-hydrogen) atoms. The van der Waals surface area contributed by atoms with Gasteiger partial charge in [-0.2, -0.15) is 0 Å². The molecule has 0 fully saturated rings. The van der Waals surface area contributed by atoms with E-state index in [1.54, 1.807) is 25.2 Å². The van der Waals surface area contributed by atoms with E-state index in [9.17, 15) is 5.11 Å². The smallest absolute Gasteiger partial charge is 0.0931 e. The van der Waals surface area contributed by atoms with E-state index in [1.807, 2.05) is 19.1 Å². The SMILES string of the molecule is CC(NCc1ccc(Cl)s1)C(C)(C)O. The van der Waals surface area contributed by atoms with E-state index in [-0.39, 0.29) is 6.04 Å². The highest BCUT2D eigenvalue weighted by Gasteiger charge is 2.21. The van der Waals surface area contributed by atoms with Crippen molar-refractivity contribution in [2.45, 2.75) is 39.0 Å². The number of nitrogens with one attached hydrogen (secondary N) is 1. The molecule has 1 aromatic rings. The lowest BCUT2D eigenvalue weighted by atomic mass is 10.0. The summed E-state index contributed by atoms with van der Waals surface area (Å²) in [5, 5.41) is 12.9. The Kier molecular flexibility index (Phi) is 3.95.